The molecule has 5 nitrogen and oxygen atoms in total. The van der Waals surface area contributed by atoms with E-state index in [2.05, 4.69) is 35.6 Å². The van der Waals surface area contributed by atoms with Crippen molar-refractivity contribution in [3.05, 3.63) is 46.6 Å². The molecule has 2 fully saturated rings. The van der Waals surface area contributed by atoms with E-state index in [9.17, 15) is 4.79 Å². The number of fused-ring (bicyclic) bond motifs is 2. The first-order chi connectivity index (χ1) is 14.5. The van der Waals surface area contributed by atoms with Crippen LogP contribution in [0.1, 0.15) is 56.0 Å². The number of amides is 1. The minimum atomic E-state index is 0.166. The van der Waals surface area contributed by atoms with Gasteiger partial charge < -0.3 is 9.80 Å². The van der Waals surface area contributed by atoms with Gasteiger partial charge in [0.25, 0.3) is 5.91 Å². The number of carbonyl (C=O) groups excluding carboxylic acids is 1. The van der Waals surface area contributed by atoms with E-state index >= 15 is 0 Å². The van der Waals surface area contributed by atoms with Crippen LogP contribution < -0.4 is 4.90 Å². The van der Waals surface area contributed by atoms with E-state index in [-0.39, 0.29) is 11.3 Å². The Balaban J connectivity index is 1.41. The molecule has 1 amide bonds. The van der Waals surface area contributed by atoms with Gasteiger partial charge in [-0.2, -0.15) is 0 Å². The van der Waals surface area contributed by atoms with E-state index < -0.39 is 0 Å². The molecule has 2 bridgehead atoms. The van der Waals surface area contributed by atoms with Gasteiger partial charge in [0, 0.05) is 44.1 Å². The molecule has 2 aliphatic rings. The summed E-state index contributed by atoms with van der Waals surface area (Å²) in [5.41, 5.74) is 2.46. The summed E-state index contributed by atoms with van der Waals surface area (Å²) >= 11 is 7.67. The fourth-order valence-corrected chi connectivity index (χ4v) is 6.47. The van der Waals surface area contributed by atoms with Crippen molar-refractivity contribution in [1.82, 2.24) is 14.9 Å². The van der Waals surface area contributed by atoms with Crippen LogP contribution in [0.4, 0.5) is 5.82 Å². The van der Waals surface area contributed by atoms with E-state index in [0.29, 0.717) is 21.8 Å². The van der Waals surface area contributed by atoms with Gasteiger partial charge in [0.2, 0.25) is 0 Å². The van der Waals surface area contributed by atoms with Crippen LogP contribution in [-0.4, -0.2) is 47.5 Å². The first kappa shape index (κ1) is 22.4. The van der Waals surface area contributed by atoms with Gasteiger partial charge >= 0.3 is 0 Å². The fraction of sp³-hybridized carbons (Fsp3) is 0.542. The van der Waals surface area contributed by atoms with Crippen molar-refractivity contribution in [2.24, 2.45) is 10.8 Å². The molecule has 2 heterocycles. The number of hydrogen-bond acceptors (Lipinski definition) is 5. The van der Waals surface area contributed by atoms with Gasteiger partial charge in [0.1, 0.15) is 11.0 Å². The van der Waals surface area contributed by atoms with Crippen molar-refractivity contribution in [1.29, 1.82) is 0 Å². The lowest BCUT2D eigenvalue weighted by molar-refractivity contribution is 0.0708. The summed E-state index contributed by atoms with van der Waals surface area (Å²) in [6.07, 6.45) is 3.42. The van der Waals surface area contributed by atoms with Gasteiger partial charge in [0.15, 0.2) is 5.16 Å². The largest absolute Gasteiger partial charge is 0.363 e. The van der Waals surface area contributed by atoms with Crippen LogP contribution in [0.5, 0.6) is 0 Å². The number of anilines is 1. The Bertz CT molecular complexity index is 978. The van der Waals surface area contributed by atoms with Crippen LogP contribution >= 0.6 is 23.4 Å². The molecule has 166 valence electrons. The molecule has 2 atom stereocenters. The van der Waals surface area contributed by atoms with E-state index in [1.54, 1.807) is 17.8 Å². The summed E-state index contributed by atoms with van der Waals surface area (Å²) in [6.45, 7) is 7.89. The molecule has 4 rings (SSSR count). The quantitative estimate of drug-likeness (QED) is 0.335. The summed E-state index contributed by atoms with van der Waals surface area (Å²) in [7, 11) is 3.86. The maximum atomic E-state index is 13.3. The number of likely N-dealkylation sites (tertiary alicyclic amines) is 1. The van der Waals surface area contributed by atoms with Gasteiger partial charge in [-0.3, -0.25) is 4.79 Å². The van der Waals surface area contributed by atoms with E-state index in [1.165, 1.54) is 6.42 Å². The number of benzene rings is 1. The van der Waals surface area contributed by atoms with Gasteiger partial charge in [0.05, 0.1) is 0 Å². The summed E-state index contributed by atoms with van der Waals surface area (Å²) in [5, 5.41) is 1.09. The number of nitrogens with zero attached hydrogens (tertiary/aromatic N) is 4. The van der Waals surface area contributed by atoms with Crippen molar-refractivity contribution in [2.75, 3.05) is 25.5 Å². The second-order valence-corrected chi connectivity index (χ2v) is 11.7. The number of rotatable bonds is 5. The number of aromatic nitrogens is 2. The summed E-state index contributed by atoms with van der Waals surface area (Å²) in [6, 6.07) is 10.1. The molecule has 7 heteroatoms. The minimum absolute atomic E-state index is 0.166. The van der Waals surface area contributed by atoms with Crippen LogP contribution in [0.15, 0.2) is 35.5 Å². The number of thioether (sulfide) groups is 1. The molecule has 0 radical (unpaired) electrons. The van der Waals surface area contributed by atoms with Crippen LogP contribution in [0, 0.1) is 10.8 Å². The summed E-state index contributed by atoms with van der Waals surface area (Å²) in [5.74, 6) is 1.68. The average Bonchev–Trinajstić information content (AvgIpc) is 2.94. The summed E-state index contributed by atoms with van der Waals surface area (Å²) < 4.78 is 0. The lowest BCUT2D eigenvalue weighted by Gasteiger charge is -2.39. The second kappa shape index (κ2) is 8.28. The first-order valence-electron chi connectivity index (χ1n) is 10.8. The highest BCUT2D eigenvalue weighted by atomic mass is 35.5. The van der Waals surface area contributed by atoms with Gasteiger partial charge in [-0.15, -0.1) is 0 Å². The molecule has 0 N–H and O–H groups in total. The maximum Gasteiger partial charge on any atom is 0.254 e. The Labute approximate surface area is 194 Å². The molecule has 0 spiro atoms. The number of hydrogen-bond donors (Lipinski definition) is 0. The molecule has 2 aromatic rings. The normalized spacial score (nSPS) is 24.3. The van der Waals surface area contributed by atoms with Crippen LogP contribution in [0.2, 0.25) is 5.15 Å². The van der Waals surface area contributed by atoms with Crippen molar-refractivity contribution in [3.63, 3.8) is 0 Å². The van der Waals surface area contributed by atoms with Gasteiger partial charge in [-0.25, -0.2) is 9.97 Å². The molecule has 1 saturated carbocycles. The maximum absolute atomic E-state index is 13.3. The number of halogens is 1. The predicted octanol–water partition coefficient (Wildman–Crippen LogP) is 5.53. The Morgan fingerprint density at radius 3 is 2.58 bits per heavy atom. The highest BCUT2D eigenvalue weighted by Gasteiger charge is 2.50. The zero-order valence-electron chi connectivity index (χ0n) is 19.0. The minimum Gasteiger partial charge on any atom is -0.363 e. The Kier molecular flexibility index (Phi) is 5.99. The molecule has 1 aromatic carbocycles. The van der Waals surface area contributed by atoms with Crippen LogP contribution in [-0.2, 0) is 5.75 Å². The van der Waals surface area contributed by atoms with E-state index in [1.807, 2.05) is 43.3 Å². The Hall–Kier alpha value is -1.79. The van der Waals surface area contributed by atoms with Crippen molar-refractivity contribution < 1.29 is 4.79 Å². The zero-order chi connectivity index (χ0) is 22.4. The third kappa shape index (κ3) is 5.01. The monoisotopic (exact) mass is 458 g/mol. The first-order valence-corrected chi connectivity index (χ1v) is 12.1. The lowest BCUT2D eigenvalue weighted by atomic mass is 9.65. The topological polar surface area (TPSA) is 49.3 Å². The lowest BCUT2D eigenvalue weighted by Crippen LogP contribution is -2.37. The Morgan fingerprint density at radius 1 is 1.19 bits per heavy atom. The van der Waals surface area contributed by atoms with E-state index in [0.717, 1.165) is 42.1 Å². The predicted molar refractivity (Wildman–Crippen MR) is 128 cm³/mol. The molecular formula is C24H31ClN4OS. The fourth-order valence-electron chi connectivity index (χ4n) is 5.43. The van der Waals surface area contributed by atoms with E-state index in [4.69, 9.17) is 11.6 Å². The molecule has 31 heavy (non-hydrogen) atoms. The summed E-state index contributed by atoms with van der Waals surface area (Å²) in [4.78, 5) is 26.1. The molecule has 2 unspecified atom stereocenters. The van der Waals surface area contributed by atoms with Crippen molar-refractivity contribution >= 4 is 35.1 Å². The average molecular weight is 459 g/mol. The highest BCUT2D eigenvalue weighted by Crippen LogP contribution is 2.52. The molecule has 1 saturated heterocycles. The Morgan fingerprint density at radius 2 is 1.90 bits per heavy atom. The molecular weight excluding hydrogens is 428 g/mol. The van der Waals surface area contributed by atoms with Crippen molar-refractivity contribution in [3.8, 4) is 0 Å². The third-order valence-electron chi connectivity index (χ3n) is 6.36. The second-order valence-electron chi connectivity index (χ2n) is 10.4. The van der Waals surface area contributed by atoms with Crippen LogP contribution in [0.25, 0.3) is 0 Å². The molecule has 1 aliphatic carbocycles. The number of carbonyl (C=O) groups is 1. The standard InChI is InChI=1S/C24H31ClN4OS/c1-23(2)11-18-12-24(3,14-23)15-29(18)21(30)17-8-6-16(7-9-17)13-31-22-26-19(25)10-20(27-22)28(4)5/h6-10,18H,11-15H2,1-5H3. The van der Waals surface area contributed by atoms with Gasteiger partial charge in [-0.1, -0.05) is 56.3 Å². The van der Waals surface area contributed by atoms with Gasteiger partial charge in [-0.05, 0) is 47.8 Å². The smallest absolute Gasteiger partial charge is 0.254 e. The molecule has 1 aromatic heterocycles. The van der Waals surface area contributed by atoms with Crippen molar-refractivity contribution in [2.45, 2.75) is 57.0 Å². The highest BCUT2D eigenvalue weighted by molar-refractivity contribution is 7.98. The zero-order valence-corrected chi connectivity index (χ0v) is 20.6. The molecule has 1 aliphatic heterocycles. The van der Waals surface area contributed by atoms with Crippen LogP contribution in [0.3, 0.4) is 0 Å². The third-order valence-corrected chi connectivity index (χ3v) is 7.48. The SMILES string of the molecule is CN(C)c1cc(Cl)nc(SCc2ccc(C(=O)N3CC4(C)CC3CC(C)(C)C4)cc2)n1.